The molecule has 35 heavy (non-hydrogen) atoms. The summed E-state index contributed by atoms with van der Waals surface area (Å²) in [6.07, 6.45) is 6.20. The average Bonchev–Trinajstić information content (AvgIpc) is 3.59. The lowest BCUT2D eigenvalue weighted by atomic mass is 9.92. The normalized spacial score (nSPS) is 30.9. The Morgan fingerprint density at radius 1 is 1.11 bits per heavy atom. The van der Waals surface area contributed by atoms with Gasteiger partial charge in [-0.25, -0.2) is 13.2 Å². The first-order valence-electron chi connectivity index (χ1n) is 12.9. The van der Waals surface area contributed by atoms with Gasteiger partial charge in [0, 0.05) is 42.8 Å². The van der Waals surface area contributed by atoms with Crippen molar-refractivity contribution in [1.82, 2.24) is 14.1 Å². The lowest BCUT2D eigenvalue weighted by Gasteiger charge is -2.45. The molecule has 0 radical (unpaired) electrons. The number of aliphatic hydroxyl groups excluding tert-OH is 1. The summed E-state index contributed by atoms with van der Waals surface area (Å²) in [6.45, 7) is 3.98. The molecule has 194 valence electrons. The highest BCUT2D eigenvalue weighted by atomic mass is 35.5. The molecule has 1 saturated carbocycles. The second-order valence-electron chi connectivity index (χ2n) is 10.5. The van der Waals surface area contributed by atoms with E-state index < -0.39 is 15.6 Å². The van der Waals surface area contributed by atoms with E-state index >= 15 is 0 Å². The Labute approximate surface area is 213 Å². The van der Waals surface area contributed by atoms with Crippen LogP contribution in [-0.2, 0) is 14.8 Å². The monoisotopic (exact) mass is 525 g/mol. The van der Waals surface area contributed by atoms with Crippen molar-refractivity contribution in [1.29, 1.82) is 0 Å². The van der Waals surface area contributed by atoms with Crippen molar-refractivity contribution in [3.63, 3.8) is 0 Å². The molecule has 4 atom stereocenters. The van der Waals surface area contributed by atoms with Gasteiger partial charge in [0.25, 0.3) is 0 Å². The zero-order chi connectivity index (χ0) is 24.8. The number of benzene rings is 1. The summed E-state index contributed by atoms with van der Waals surface area (Å²) in [5, 5.41) is 9.88. The third-order valence-electron chi connectivity index (χ3n) is 8.43. The van der Waals surface area contributed by atoms with Gasteiger partial charge in [-0.05, 0) is 69.2 Å². The highest BCUT2D eigenvalue weighted by Gasteiger charge is 2.60. The summed E-state index contributed by atoms with van der Waals surface area (Å²) in [4.78, 5) is 17.7. The lowest BCUT2D eigenvalue weighted by molar-refractivity contribution is -0.0221. The van der Waals surface area contributed by atoms with Crippen LogP contribution < -0.4 is 0 Å². The van der Waals surface area contributed by atoms with E-state index in [0.29, 0.717) is 50.3 Å². The van der Waals surface area contributed by atoms with E-state index in [-0.39, 0.29) is 41.8 Å². The number of nitrogens with zero attached hydrogens (tertiary/aromatic N) is 3. The SMILES string of the molecule is CC[C@@H]1CCC[C@H](C2(OC(=O)N3CC4CCC(C3)N4CCO)CC2)N1S(=O)(=O)c1ccc(Cl)cc1. The maximum Gasteiger partial charge on any atom is 0.410 e. The number of piperidine rings is 1. The van der Waals surface area contributed by atoms with Crippen molar-refractivity contribution >= 4 is 27.7 Å². The molecule has 3 aliphatic heterocycles. The number of fused-ring (bicyclic) bond motifs is 2. The third-order valence-corrected chi connectivity index (χ3v) is 10.7. The Bertz CT molecular complexity index is 1020. The van der Waals surface area contributed by atoms with E-state index in [2.05, 4.69) is 4.90 Å². The molecule has 1 amide bonds. The largest absolute Gasteiger partial charge is 0.441 e. The third kappa shape index (κ3) is 4.70. The van der Waals surface area contributed by atoms with Crippen LogP contribution in [0.2, 0.25) is 5.02 Å². The molecule has 4 fully saturated rings. The van der Waals surface area contributed by atoms with Crippen LogP contribution in [-0.4, -0.2) is 89.7 Å². The summed E-state index contributed by atoms with van der Waals surface area (Å²) in [5.41, 5.74) is -0.758. The van der Waals surface area contributed by atoms with Crippen molar-refractivity contribution in [2.75, 3.05) is 26.2 Å². The average molecular weight is 526 g/mol. The number of amides is 1. The number of sulfonamides is 1. The Kier molecular flexibility index (Phi) is 7.09. The van der Waals surface area contributed by atoms with Gasteiger partial charge < -0.3 is 14.7 Å². The first-order valence-corrected chi connectivity index (χ1v) is 14.7. The first kappa shape index (κ1) is 25.3. The zero-order valence-electron chi connectivity index (χ0n) is 20.3. The van der Waals surface area contributed by atoms with Crippen LogP contribution in [0.1, 0.15) is 58.3 Å². The van der Waals surface area contributed by atoms with Crippen LogP contribution in [0, 0.1) is 0 Å². The molecule has 1 aromatic carbocycles. The minimum absolute atomic E-state index is 0.122. The maximum atomic E-state index is 13.8. The predicted octanol–water partition coefficient (Wildman–Crippen LogP) is 3.47. The predicted molar refractivity (Wildman–Crippen MR) is 133 cm³/mol. The molecule has 3 saturated heterocycles. The number of carbonyl (C=O) groups is 1. The van der Waals surface area contributed by atoms with E-state index in [1.54, 1.807) is 33.5 Å². The van der Waals surface area contributed by atoms with Crippen LogP contribution in [0.25, 0.3) is 0 Å². The molecule has 1 aromatic rings. The number of likely N-dealkylation sites (tertiary alicyclic amines) is 1. The maximum absolute atomic E-state index is 13.8. The molecule has 10 heteroatoms. The van der Waals surface area contributed by atoms with Gasteiger partial charge in [-0.15, -0.1) is 0 Å². The number of hydrogen-bond donors (Lipinski definition) is 1. The number of hydrogen-bond acceptors (Lipinski definition) is 6. The van der Waals surface area contributed by atoms with Crippen molar-refractivity contribution in [2.45, 2.75) is 93.0 Å². The van der Waals surface area contributed by atoms with Gasteiger partial charge in [0.05, 0.1) is 17.5 Å². The van der Waals surface area contributed by atoms with Crippen LogP contribution in [0.3, 0.4) is 0 Å². The van der Waals surface area contributed by atoms with Crippen LogP contribution in [0.5, 0.6) is 0 Å². The van der Waals surface area contributed by atoms with Gasteiger partial charge >= 0.3 is 6.09 Å². The van der Waals surface area contributed by atoms with Gasteiger partial charge in [0.1, 0.15) is 5.60 Å². The Morgan fingerprint density at radius 2 is 1.77 bits per heavy atom. The van der Waals surface area contributed by atoms with E-state index in [4.69, 9.17) is 16.3 Å². The smallest absolute Gasteiger partial charge is 0.410 e. The summed E-state index contributed by atoms with van der Waals surface area (Å²) < 4.78 is 35.5. The first-order chi connectivity index (χ1) is 16.8. The number of aliphatic hydroxyl groups is 1. The molecule has 1 aliphatic carbocycles. The highest BCUT2D eigenvalue weighted by Crippen LogP contribution is 2.50. The molecule has 0 aromatic heterocycles. The molecular formula is C25H36ClN3O5S. The fourth-order valence-electron chi connectivity index (χ4n) is 6.51. The Hall–Kier alpha value is -1.39. The summed E-state index contributed by atoms with van der Waals surface area (Å²) in [7, 11) is -3.77. The number of carbonyl (C=O) groups excluding carboxylic acids is 1. The van der Waals surface area contributed by atoms with Crippen LogP contribution >= 0.6 is 11.6 Å². The van der Waals surface area contributed by atoms with Gasteiger partial charge in [0.2, 0.25) is 10.0 Å². The molecule has 2 bridgehead atoms. The molecule has 2 unspecified atom stereocenters. The second-order valence-corrected chi connectivity index (χ2v) is 12.8. The van der Waals surface area contributed by atoms with E-state index in [9.17, 15) is 18.3 Å². The van der Waals surface area contributed by atoms with Crippen LogP contribution in [0.15, 0.2) is 29.2 Å². The van der Waals surface area contributed by atoms with E-state index in [1.807, 2.05) is 6.92 Å². The summed E-state index contributed by atoms with van der Waals surface area (Å²) in [6, 6.07) is 6.35. The highest BCUT2D eigenvalue weighted by molar-refractivity contribution is 7.89. The van der Waals surface area contributed by atoms with Crippen molar-refractivity contribution in [2.24, 2.45) is 0 Å². The topological polar surface area (TPSA) is 90.4 Å². The minimum Gasteiger partial charge on any atom is -0.441 e. The molecular weight excluding hydrogens is 490 g/mol. The number of halogens is 1. The zero-order valence-corrected chi connectivity index (χ0v) is 21.9. The van der Waals surface area contributed by atoms with Crippen molar-refractivity contribution in [3.05, 3.63) is 29.3 Å². The standard InChI is InChI=1S/C25H36ClN3O5S/c1-2-19-4-3-5-23(29(19)35(32,33)22-10-6-18(26)7-11-22)25(12-13-25)34-24(31)27-16-20-8-9-21(17-27)28(20)14-15-30/h6-7,10-11,19-21,23,30H,2-5,8-9,12-17H2,1H3/t19-,20?,21?,23-/m1/s1. The Balaban J connectivity index is 1.36. The second kappa shape index (κ2) is 9.82. The fourth-order valence-corrected chi connectivity index (χ4v) is 8.64. The van der Waals surface area contributed by atoms with Gasteiger partial charge in [-0.2, -0.15) is 4.31 Å². The summed E-state index contributed by atoms with van der Waals surface area (Å²) in [5.74, 6) is 0. The van der Waals surface area contributed by atoms with Gasteiger partial charge in [0.15, 0.2) is 0 Å². The quantitative estimate of drug-likeness (QED) is 0.586. The van der Waals surface area contributed by atoms with Crippen LogP contribution in [0.4, 0.5) is 4.79 Å². The fraction of sp³-hybridized carbons (Fsp3) is 0.720. The molecule has 4 aliphatic rings. The molecule has 1 N–H and O–H groups in total. The number of piperazine rings is 1. The summed E-state index contributed by atoms with van der Waals surface area (Å²) >= 11 is 6.01. The van der Waals surface area contributed by atoms with Gasteiger partial charge in [-0.1, -0.05) is 24.9 Å². The van der Waals surface area contributed by atoms with Crippen molar-refractivity contribution in [3.8, 4) is 0 Å². The molecule has 8 nitrogen and oxygen atoms in total. The number of ether oxygens (including phenoxy) is 1. The molecule has 5 rings (SSSR count). The molecule has 0 spiro atoms. The molecule has 3 heterocycles. The Morgan fingerprint density at radius 3 is 2.34 bits per heavy atom. The van der Waals surface area contributed by atoms with E-state index in [0.717, 1.165) is 25.7 Å². The van der Waals surface area contributed by atoms with Gasteiger partial charge in [-0.3, -0.25) is 4.90 Å². The number of rotatable bonds is 7. The van der Waals surface area contributed by atoms with Crippen molar-refractivity contribution < 1.29 is 23.1 Å². The lowest BCUT2D eigenvalue weighted by Crippen LogP contribution is -2.59. The van der Waals surface area contributed by atoms with E-state index in [1.165, 1.54) is 0 Å². The minimum atomic E-state index is -3.77.